The summed E-state index contributed by atoms with van der Waals surface area (Å²) < 4.78 is 38.4. The molecule has 3 aliphatic rings. The number of carbonyl (C=O) groups is 1. The Morgan fingerprint density at radius 1 is 0.973 bits per heavy atom. The summed E-state index contributed by atoms with van der Waals surface area (Å²) in [5.74, 6) is 0.587. The van der Waals surface area contributed by atoms with Crippen molar-refractivity contribution in [3.63, 3.8) is 0 Å². The van der Waals surface area contributed by atoms with Crippen molar-refractivity contribution in [2.24, 2.45) is 0 Å². The lowest BCUT2D eigenvalue weighted by Crippen LogP contribution is -2.50. The van der Waals surface area contributed by atoms with Crippen LogP contribution in [0.15, 0.2) is 17.0 Å². The van der Waals surface area contributed by atoms with Crippen LogP contribution in [0.25, 0.3) is 0 Å². The molecule has 37 heavy (non-hydrogen) atoms. The van der Waals surface area contributed by atoms with Crippen LogP contribution in [0.4, 0.5) is 0 Å². The van der Waals surface area contributed by atoms with Gasteiger partial charge in [-0.3, -0.25) is 14.6 Å². The van der Waals surface area contributed by atoms with Gasteiger partial charge in [0.05, 0.1) is 18.6 Å². The summed E-state index contributed by atoms with van der Waals surface area (Å²) in [4.78, 5) is 20.2. The fourth-order valence-electron chi connectivity index (χ4n) is 5.89. The molecule has 208 valence electrons. The van der Waals surface area contributed by atoms with Crippen molar-refractivity contribution in [2.45, 2.75) is 69.0 Å². The van der Waals surface area contributed by atoms with E-state index in [0.717, 1.165) is 38.4 Å². The molecule has 4 rings (SSSR count). The van der Waals surface area contributed by atoms with Gasteiger partial charge in [0, 0.05) is 64.9 Å². The Bertz CT molecular complexity index is 1030. The second-order valence-corrected chi connectivity index (χ2v) is 12.9. The first-order valence-corrected chi connectivity index (χ1v) is 15.0. The van der Waals surface area contributed by atoms with E-state index in [-0.39, 0.29) is 36.6 Å². The van der Waals surface area contributed by atoms with Crippen LogP contribution in [0.1, 0.15) is 43.2 Å². The SMILES string of the molecule is COc1cc(C)c(S(=O)(=O)N(C)CCOCC(=O)N(C)C2CCC(N3CCN(C4CC4)CC3)C2)c(C)c1. The van der Waals surface area contributed by atoms with Crippen LogP contribution in [0.3, 0.4) is 0 Å². The maximum Gasteiger partial charge on any atom is 0.248 e. The molecule has 2 aliphatic carbocycles. The van der Waals surface area contributed by atoms with E-state index in [2.05, 4.69) is 9.80 Å². The lowest BCUT2D eigenvalue weighted by Gasteiger charge is -2.38. The average molecular weight is 537 g/mol. The first kappa shape index (κ1) is 28.3. The van der Waals surface area contributed by atoms with Crippen molar-refractivity contribution in [1.29, 1.82) is 0 Å². The molecule has 1 aromatic rings. The highest BCUT2D eigenvalue weighted by molar-refractivity contribution is 7.89. The molecule has 0 bridgehead atoms. The molecule has 2 saturated carbocycles. The summed E-state index contributed by atoms with van der Waals surface area (Å²) in [5.41, 5.74) is 1.28. The molecule has 1 saturated heterocycles. The normalized spacial score (nSPS) is 23.5. The number of sulfonamides is 1. The Balaban J connectivity index is 1.19. The smallest absolute Gasteiger partial charge is 0.248 e. The molecule has 10 heteroatoms. The lowest BCUT2D eigenvalue weighted by molar-refractivity contribution is -0.136. The monoisotopic (exact) mass is 536 g/mol. The van der Waals surface area contributed by atoms with Gasteiger partial charge in [-0.1, -0.05) is 0 Å². The molecule has 1 aliphatic heterocycles. The number of hydrogen-bond acceptors (Lipinski definition) is 7. The van der Waals surface area contributed by atoms with Crippen molar-refractivity contribution in [2.75, 3.05) is 67.1 Å². The van der Waals surface area contributed by atoms with Gasteiger partial charge in [-0.25, -0.2) is 8.42 Å². The lowest BCUT2D eigenvalue weighted by atomic mass is 10.1. The van der Waals surface area contributed by atoms with Crippen LogP contribution >= 0.6 is 0 Å². The molecule has 2 atom stereocenters. The Morgan fingerprint density at radius 3 is 2.11 bits per heavy atom. The predicted octanol–water partition coefficient (Wildman–Crippen LogP) is 2.11. The third-order valence-corrected chi connectivity index (χ3v) is 10.5. The van der Waals surface area contributed by atoms with E-state index in [1.807, 2.05) is 11.9 Å². The number of amides is 1. The number of carbonyl (C=O) groups excluding carboxylic acids is 1. The molecule has 2 unspecified atom stereocenters. The minimum absolute atomic E-state index is 0.0355. The van der Waals surface area contributed by atoms with Gasteiger partial charge in [0.1, 0.15) is 12.4 Å². The largest absolute Gasteiger partial charge is 0.497 e. The Labute approximate surface area is 222 Å². The van der Waals surface area contributed by atoms with Gasteiger partial charge in [0.15, 0.2) is 0 Å². The van der Waals surface area contributed by atoms with Crippen LogP contribution in [0.5, 0.6) is 5.75 Å². The van der Waals surface area contributed by atoms with Crippen LogP contribution in [-0.2, 0) is 19.6 Å². The predicted molar refractivity (Wildman–Crippen MR) is 143 cm³/mol. The zero-order chi connectivity index (χ0) is 26.7. The van der Waals surface area contributed by atoms with E-state index < -0.39 is 10.0 Å². The molecular weight excluding hydrogens is 492 g/mol. The number of benzene rings is 1. The molecular formula is C27H44N4O5S. The summed E-state index contributed by atoms with van der Waals surface area (Å²) in [7, 11) is 1.29. The maximum absolute atomic E-state index is 13.1. The number of piperazine rings is 1. The highest BCUT2D eigenvalue weighted by Gasteiger charge is 2.37. The minimum Gasteiger partial charge on any atom is -0.497 e. The van der Waals surface area contributed by atoms with Crippen LogP contribution < -0.4 is 4.74 Å². The van der Waals surface area contributed by atoms with Crippen molar-refractivity contribution in [3.8, 4) is 5.75 Å². The maximum atomic E-state index is 13.1. The van der Waals surface area contributed by atoms with E-state index in [4.69, 9.17) is 9.47 Å². The molecule has 1 amide bonds. The van der Waals surface area contributed by atoms with E-state index in [0.29, 0.717) is 22.9 Å². The number of methoxy groups -OCH3 is 1. The zero-order valence-electron chi connectivity index (χ0n) is 23.1. The van der Waals surface area contributed by atoms with Crippen molar-refractivity contribution in [3.05, 3.63) is 23.3 Å². The van der Waals surface area contributed by atoms with Gasteiger partial charge in [0.25, 0.3) is 0 Å². The molecule has 0 aromatic heterocycles. The third-order valence-electron chi connectivity index (χ3n) is 8.36. The van der Waals surface area contributed by atoms with Gasteiger partial charge in [-0.15, -0.1) is 0 Å². The molecule has 3 fully saturated rings. The Hall–Kier alpha value is -1.72. The summed E-state index contributed by atoms with van der Waals surface area (Å²) in [6.07, 6.45) is 5.92. The number of aryl methyl sites for hydroxylation is 2. The third kappa shape index (κ3) is 6.65. The summed E-state index contributed by atoms with van der Waals surface area (Å²) in [6, 6.07) is 5.09. The highest BCUT2D eigenvalue weighted by Crippen LogP contribution is 2.31. The summed E-state index contributed by atoms with van der Waals surface area (Å²) >= 11 is 0. The molecule has 0 spiro atoms. The minimum atomic E-state index is -3.68. The van der Waals surface area contributed by atoms with Crippen LogP contribution in [-0.4, -0.2) is 119 Å². The van der Waals surface area contributed by atoms with Crippen LogP contribution in [0.2, 0.25) is 0 Å². The van der Waals surface area contributed by atoms with Gasteiger partial charge in [0.2, 0.25) is 15.9 Å². The number of hydrogen-bond donors (Lipinski definition) is 0. The van der Waals surface area contributed by atoms with Gasteiger partial charge in [-0.2, -0.15) is 4.31 Å². The number of nitrogens with zero attached hydrogens (tertiary/aromatic N) is 4. The second-order valence-electron chi connectivity index (χ2n) is 10.9. The topological polar surface area (TPSA) is 82.6 Å². The molecule has 1 aromatic carbocycles. The summed E-state index contributed by atoms with van der Waals surface area (Å²) in [6.45, 7) is 8.45. The summed E-state index contributed by atoms with van der Waals surface area (Å²) in [5, 5.41) is 0. The van der Waals surface area contributed by atoms with Gasteiger partial charge in [-0.05, 0) is 69.2 Å². The van der Waals surface area contributed by atoms with E-state index in [9.17, 15) is 13.2 Å². The number of ether oxygens (including phenoxy) is 2. The molecule has 9 nitrogen and oxygen atoms in total. The average Bonchev–Trinajstić information content (AvgIpc) is 3.61. The van der Waals surface area contributed by atoms with E-state index in [1.54, 1.807) is 40.1 Å². The van der Waals surface area contributed by atoms with Gasteiger partial charge >= 0.3 is 0 Å². The van der Waals surface area contributed by atoms with E-state index in [1.165, 1.54) is 30.2 Å². The first-order valence-electron chi connectivity index (χ1n) is 13.5. The number of rotatable bonds is 11. The molecule has 1 heterocycles. The fourth-order valence-corrected chi connectivity index (χ4v) is 7.45. The zero-order valence-corrected chi connectivity index (χ0v) is 23.9. The Kier molecular flexibility index (Phi) is 9.17. The van der Waals surface area contributed by atoms with Crippen molar-refractivity contribution >= 4 is 15.9 Å². The molecule has 0 radical (unpaired) electrons. The number of likely N-dealkylation sites (N-methyl/N-ethyl adjacent to an activating group) is 2. The Morgan fingerprint density at radius 2 is 1.54 bits per heavy atom. The van der Waals surface area contributed by atoms with Gasteiger partial charge < -0.3 is 14.4 Å². The fraction of sp³-hybridized carbons (Fsp3) is 0.741. The van der Waals surface area contributed by atoms with Crippen molar-refractivity contribution in [1.82, 2.24) is 19.0 Å². The first-order chi connectivity index (χ1) is 17.6. The second kappa shape index (κ2) is 12.0. The van der Waals surface area contributed by atoms with Crippen molar-refractivity contribution < 1.29 is 22.7 Å². The quantitative estimate of drug-likeness (QED) is 0.401. The highest BCUT2D eigenvalue weighted by atomic mass is 32.2. The van der Waals surface area contributed by atoms with E-state index >= 15 is 0 Å². The van der Waals surface area contributed by atoms with Crippen LogP contribution in [0, 0.1) is 13.8 Å². The standard InChI is InChI=1S/C27H44N4O5S/c1-20-16-25(35-5)17-21(2)27(20)37(33,34)28(3)14-15-36-19-26(32)29(4)23-8-9-24(18-23)31-12-10-30(11-13-31)22-6-7-22/h16-17,22-24H,6-15,18-19H2,1-5H3. The molecule has 0 N–H and O–H groups in total.